The maximum Gasteiger partial charge on any atom is 0.308 e. The molecule has 128 valence electrons. The highest BCUT2D eigenvalue weighted by Crippen LogP contribution is 2.33. The Morgan fingerprint density at radius 2 is 1.52 bits per heavy atom. The molecule has 2 aromatic carbocycles. The van der Waals surface area contributed by atoms with Crippen LogP contribution < -0.4 is 0 Å². The van der Waals surface area contributed by atoms with Gasteiger partial charge in [-0.25, -0.2) is 0 Å². The van der Waals surface area contributed by atoms with Crippen molar-refractivity contribution >= 4 is 17.7 Å². The molecule has 1 saturated heterocycles. The van der Waals surface area contributed by atoms with Crippen molar-refractivity contribution in [3.8, 4) is 0 Å². The summed E-state index contributed by atoms with van der Waals surface area (Å²) in [6.07, 6.45) is 0. The van der Waals surface area contributed by atoms with Gasteiger partial charge in [0.05, 0.1) is 5.92 Å². The molecule has 1 aliphatic heterocycles. The van der Waals surface area contributed by atoms with Crippen LogP contribution in [0.5, 0.6) is 0 Å². The number of carbonyl (C=O) groups is 3. The molecule has 5 heteroatoms. The first-order valence-corrected chi connectivity index (χ1v) is 8.15. The fourth-order valence-corrected chi connectivity index (χ4v) is 3.29. The average Bonchev–Trinajstić information content (AvgIpc) is 3.07. The number of nitrogens with zero attached hydrogens (tertiary/aromatic N) is 1. The predicted octanol–water partition coefficient (Wildman–Crippen LogP) is 2.83. The number of benzene rings is 2. The van der Waals surface area contributed by atoms with Gasteiger partial charge in [0.2, 0.25) is 0 Å². The van der Waals surface area contributed by atoms with Crippen molar-refractivity contribution < 1.29 is 19.5 Å². The second kappa shape index (κ2) is 6.89. The highest BCUT2D eigenvalue weighted by Gasteiger charge is 2.40. The molecule has 2 aromatic rings. The van der Waals surface area contributed by atoms with Crippen molar-refractivity contribution in [3.63, 3.8) is 0 Å². The first-order valence-electron chi connectivity index (χ1n) is 8.15. The quantitative estimate of drug-likeness (QED) is 0.871. The standard InChI is InChI=1S/C20H19NO4/c1-13(22)14-7-9-16(10-8-14)19(23)21-11-17(18(12-21)20(24)25)15-5-3-2-4-6-15/h2-10,17-18H,11-12H2,1H3,(H,24,25)/t17-,18-/m0/s1. The van der Waals surface area contributed by atoms with Gasteiger partial charge in [-0.3, -0.25) is 14.4 Å². The Balaban J connectivity index is 1.82. The van der Waals surface area contributed by atoms with Crippen molar-refractivity contribution in [1.29, 1.82) is 0 Å². The normalized spacial score (nSPS) is 19.6. The van der Waals surface area contributed by atoms with Crippen molar-refractivity contribution in [2.45, 2.75) is 12.8 Å². The molecule has 0 spiro atoms. The van der Waals surface area contributed by atoms with Crippen molar-refractivity contribution in [3.05, 3.63) is 71.3 Å². The summed E-state index contributed by atoms with van der Waals surface area (Å²) >= 11 is 0. The van der Waals surface area contributed by atoms with Crippen LogP contribution in [0.1, 0.15) is 39.1 Å². The molecular formula is C20H19NO4. The van der Waals surface area contributed by atoms with Crippen LogP contribution in [-0.2, 0) is 4.79 Å². The van der Waals surface area contributed by atoms with Gasteiger partial charge in [0, 0.05) is 30.1 Å². The Morgan fingerprint density at radius 3 is 2.08 bits per heavy atom. The van der Waals surface area contributed by atoms with Crippen LogP contribution in [-0.4, -0.2) is 40.8 Å². The number of Topliss-reactive ketones (excluding diaryl/α,β-unsaturated/α-hetero) is 1. The van der Waals surface area contributed by atoms with E-state index in [2.05, 4.69) is 0 Å². The SMILES string of the molecule is CC(=O)c1ccc(C(=O)N2C[C@H](C(=O)O)[C@H](c3ccccc3)C2)cc1. The van der Waals surface area contributed by atoms with E-state index in [0.29, 0.717) is 17.7 Å². The third-order valence-corrected chi connectivity index (χ3v) is 4.69. The summed E-state index contributed by atoms with van der Waals surface area (Å²) in [7, 11) is 0. The predicted molar refractivity (Wildman–Crippen MR) is 92.7 cm³/mol. The maximum atomic E-state index is 12.7. The van der Waals surface area contributed by atoms with E-state index in [-0.39, 0.29) is 24.2 Å². The second-order valence-corrected chi connectivity index (χ2v) is 6.31. The molecule has 0 unspecified atom stereocenters. The molecule has 0 radical (unpaired) electrons. The van der Waals surface area contributed by atoms with E-state index in [9.17, 15) is 19.5 Å². The van der Waals surface area contributed by atoms with Gasteiger partial charge in [-0.1, -0.05) is 42.5 Å². The Bertz CT molecular complexity index is 798. The topological polar surface area (TPSA) is 74.7 Å². The van der Waals surface area contributed by atoms with Gasteiger partial charge >= 0.3 is 5.97 Å². The van der Waals surface area contributed by atoms with Gasteiger partial charge in [-0.2, -0.15) is 0 Å². The smallest absolute Gasteiger partial charge is 0.308 e. The average molecular weight is 337 g/mol. The van der Waals surface area contributed by atoms with Crippen LogP contribution >= 0.6 is 0 Å². The molecule has 5 nitrogen and oxygen atoms in total. The van der Waals surface area contributed by atoms with Gasteiger partial charge < -0.3 is 10.0 Å². The number of hydrogen-bond acceptors (Lipinski definition) is 3. The molecule has 1 amide bonds. The number of hydrogen-bond donors (Lipinski definition) is 1. The third-order valence-electron chi connectivity index (χ3n) is 4.69. The summed E-state index contributed by atoms with van der Waals surface area (Å²) in [5, 5.41) is 9.54. The highest BCUT2D eigenvalue weighted by molar-refractivity contribution is 5.98. The van der Waals surface area contributed by atoms with Gasteiger partial charge in [0.25, 0.3) is 5.91 Å². The van der Waals surface area contributed by atoms with E-state index in [1.165, 1.54) is 6.92 Å². The van der Waals surface area contributed by atoms with Gasteiger partial charge in [-0.05, 0) is 24.6 Å². The Hall–Kier alpha value is -2.95. The largest absolute Gasteiger partial charge is 0.481 e. The lowest BCUT2D eigenvalue weighted by Crippen LogP contribution is -2.29. The fraction of sp³-hybridized carbons (Fsp3) is 0.250. The minimum Gasteiger partial charge on any atom is -0.481 e. The molecule has 25 heavy (non-hydrogen) atoms. The Labute approximate surface area is 145 Å². The molecule has 0 saturated carbocycles. The fourth-order valence-electron chi connectivity index (χ4n) is 3.29. The summed E-state index contributed by atoms with van der Waals surface area (Å²) in [5.41, 5.74) is 1.93. The number of likely N-dealkylation sites (tertiary alicyclic amines) is 1. The molecule has 1 fully saturated rings. The highest BCUT2D eigenvalue weighted by atomic mass is 16.4. The molecule has 3 rings (SSSR count). The minimum absolute atomic E-state index is 0.0599. The number of rotatable bonds is 4. The Kier molecular flexibility index (Phi) is 4.65. The molecular weight excluding hydrogens is 318 g/mol. The molecule has 2 atom stereocenters. The van der Waals surface area contributed by atoms with Crippen LogP contribution in [0.2, 0.25) is 0 Å². The third kappa shape index (κ3) is 3.45. The first-order chi connectivity index (χ1) is 12.0. The van der Waals surface area contributed by atoms with E-state index in [1.54, 1.807) is 29.2 Å². The summed E-state index contributed by atoms with van der Waals surface area (Å²) in [5.74, 6) is -2.01. The van der Waals surface area contributed by atoms with Crippen molar-refractivity contribution in [1.82, 2.24) is 4.90 Å². The monoisotopic (exact) mass is 337 g/mol. The van der Waals surface area contributed by atoms with E-state index in [0.717, 1.165) is 5.56 Å². The van der Waals surface area contributed by atoms with Crippen molar-refractivity contribution in [2.75, 3.05) is 13.1 Å². The molecule has 0 aromatic heterocycles. The maximum absolute atomic E-state index is 12.7. The lowest BCUT2D eigenvalue weighted by atomic mass is 9.89. The number of carboxylic acid groups (broad SMARTS) is 1. The number of carboxylic acids is 1. The summed E-state index contributed by atoms with van der Waals surface area (Å²) in [6.45, 7) is 2.02. The molecule has 1 aliphatic rings. The zero-order valence-corrected chi connectivity index (χ0v) is 13.9. The van der Waals surface area contributed by atoms with E-state index in [1.807, 2.05) is 30.3 Å². The molecule has 0 bridgehead atoms. The Morgan fingerprint density at radius 1 is 0.920 bits per heavy atom. The van der Waals surface area contributed by atoms with Gasteiger partial charge in [-0.15, -0.1) is 0 Å². The summed E-state index contributed by atoms with van der Waals surface area (Å²) < 4.78 is 0. The number of amides is 1. The van der Waals surface area contributed by atoms with Crippen LogP contribution in [0.15, 0.2) is 54.6 Å². The van der Waals surface area contributed by atoms with Gasteiger partial charge in [0.15, 0.2) is 5.78 Å². The molecule has 1 heterocycles. The first kappa shape index (κ1) is 16.9. The van der Waals surface area contributed by atoms with Crippen LogP contribution in [0.4, 0.5) is 0 Å². The zero-order chi connectivity index (χ0) is 18.0. The number of aliphatic carboxylic acids is 1. The number of ketones is 1. The lowest BCUT2D eigenvalue weighted by Gasteiger charge is -2.16. The van der Waals surface area contributed by atoms with Crippen LogP contribution in [0.3, 0.4) is 0 Å². The van der Waals surface area contributed by atoms with Crippen molar-refractivity contribution in [2.24, 2.45) is 5.92 Å². The second-order valence-electron chi connectivity index (χ2n) is 6.31. The zero-order valence-electron chi connectivity index (χ0n) is 13.9. The van der Waals surface area contributed by atoms with E-state index in [4.69, 9.17) is 0 Å². The van der Waals surface area contributed by atoms with E-state index < -0.39 is 11.9 Å². The summed E-state index contributed by atoms with van der Waals surface area (Å²) in [6, 6.07) is 15.9. The molecule has 0 aliphatic carbocycles. The van der Waals surface area contributed by atoms with Gasteiger partial charge in [0.1, 0.15) is 0 Å². The van der Waals surface area contributed by atoms with E-state index >= 15 is 0 Å². The van der Waals surface area contributed by atoms with Crippen LogP contribution in [0, 0.1) is 5.92 Å². The number of carbonyl (C=O) groups excluding carboxylic acids is 2. The molecule has 1 N–H and O–H groups in total. The summed E-state index contributed by atoms with van der Waals surface area (Å²) in [4.78, 5) is 37.3. The van der Waals surface area contributed by atoms with Crippen LogP contribution in [0.25, 0.3) is 0 Å². The lowest BCUT2D eigenvalue weighted by molar-refractivity contribution is -0.141. The minimum atomic E-state index is -0.893.